The Kier molecular flexibility index (Phi) is 5.90. The van der Waals surface area contributed by atoms with Crippen LogP contribution in [0.1, 0.15) is 23.5 Å². The SMILES string of the molecule is COc1ccc(OC)c(N2C(=S)N[C@H](c3ccccn3)[C@@H]2c2ccc(-c3ccc(F)cc3)o2)c1. The second-order valence-electron chi connectivity index (χ2n) is 7.74. The molecule has 5 rings (SSSR count). The van der Waals surface area contributed by atoms with Gasteiger partial charge in [-0.15, -0.1) is 0 Å². The topological polar surface area (TPSA) is 59.8 Å². The molecule has 34 heavy (non-hydrogen) atoms. The smallest absolute Gasteiger partial charge is 0.174 e. The molecule has 1 aliphatic heterocycles. The summed E-state index contributed by atoms with van der Waals surface area (Å²) >= 11 is 5.79. The Morgan fingerprint density at radius 3 is 2.53 bits per heavy atom. The lowest BCUT2D eigenvalue weighted by Crippen LogP contribution is -2.29. The number of hydrogen-bond acceptors (Lipinski definition) is 5. The van der Waals surface area contributed by atoms with Crippen molar-refractivity contribution in [2.45, 2.75) is 12.1 Å². The maximum atomic E-state index is 13.4. The first-order valence-corrected chi connectivity index (χ1v) is 11.1. The van der Waals surface area contributed by atoms with E-state index in [9.17, 15) is 4.39 Å². The van der Waals surface area contributed by atoms with Crippen molar-refractivity contribution in [2.75, 3.05) is 19.1 Å². The van der Waals surface area contributed by atoms with Gasteiger partial charge in [0.05, 0.1) is 31.6 Å². The molecule has 2 aromatic heterocycles. The third-order valence-electron chi connectivity index (χ3n) is 5.79. The van der Waals surface area contributed by atoms with Crippen LogP contribution in [-0.4, -0.2) is 24.3 Å². The molecule has 1 N–H and O–H groups in total. The van der Waals surface area contributed by atoms with Crippen molar-refractivity contribution in [2.24, 2.45) is 0 Å². The lowest BCUT2D eigenvalue weighted by molar-refractivity contribution is 0.400. The van der Waals surface area contributed by atoms with E-state index in [0.717, 1.165) is 16.9 Å². The Morgan fingerprint density at radius 1 is 1.00 bits per heavy atom. The van der Waals surface area contributed by atoms with Crippen molar-refractivity contribution in [1.82, 2.24) is 10.3 Å². The Morgan fingerprint density at radius 2 is 1.82 bits per heavy atom. The van der Waals surface area contributed by atoms with Gasteiger partial charge < -0.3 is 24.1 Å². The molecular formula is C26H22FN3O3S. The molecule has 0 bridgehead atoms. The van der Waals surface area contributed by atoms with Crippen LogP contribution in [0.4, 0.5) is 10.1 Å². The summed E-state index contributed by atoms with van der Waals surface area (Å²) in [7, 11) is 3.23. The summed E-state index contributed by atoms with van der Waals surface area (Å²) in [4.78, 5) is 6.52. The van der Waals surface area contributed by atoms with Crippen LogP contribution >= 0.6 is 12.2 Å². The number of hydrogen-bond donors (Lipinski definition) is 1. The molecule has 2 atom stereocenters. The van der Waals surface area contributed by atoms with Gasteiger partial charge in [-0.1, -0.05) is 6.07 Å². The average Bonchev–Trinajstić information content (AvgIpc) is 3.49. The van der Waals surface area contributed by atoms with Gasteiger partial charge in [0.25, 0.3) is 0 Å². The van der Waals surface area contributed by atoms with E-state index < -0.39 is 0 Å². The monoisotopic (exact) mass is 475 g/mol. The molecule has 0 saturated carbocycles. The first kappa shape index (κ1) is 21.9. The molecular weight excluding hydrogens is 453 g/mol. The van der Waals surface area contributed by atoms with Crippen LogP contribution in [0.15, 0.2) is 83.4 Å². The second kappa shape index (κ2) is 9.15. The number of anilines is 1. The normalized spacial score (nSPS) is 17.5. The van der Waals surface area contributed by atoms with Gasteiger partial charge in [0.15, 0.2) is 5.11 Å². The number of rotatable bonds is 6. The number of methoxy groups -OCH3 is 2. The highest BCUT2D eigenvalue weighted by atomic mass is 32.1. The van der Waals surface area contributed by atoms with Gasteiger partial charge >= 0.3 is 0 Å². The van der Waals surface area contributed by atoms with Gasteiger partial charge in [-0.25, -0.2) is 4.39 Å². The largest absolute Gasteiger partial charge is 0.497 e. The summed E-state index contributed by atoms with van der Waals surface area (Å²) in [6.07, 6.45) is 1.75. The van der Waals surface area contributed by atoms with E-state index in [4.69, 9.17) is 26.1 Å². The van der Waals surface area contributed by atoms with E-state index in [1.807, 2.05) is 53.4 Å². The summed E-state index contributed by atoms with van der Waals surface area (Å²) in [6, 6.07) is 20.6. The molecule has 172 valence electrons. The Hall–Kier alpha value is -3.91. The predicted octanol–water partition coefficient (Wildman–Crippen LogP) is 5.68. The molecule has 2 aromatic carbocycles. The minimum atomic E-state index is -0.363. The number of aromatic nitrogens is 1. The van der Waals surface area contributed by atoms with E-state index in [1.165, 1.54) is 12.1 Å². The Bertz CT molecular complexity index is 1310. The lowest BCUT2D eigenvalue weighted by Gasteiger charge is -2.27. The number of pyridine rings is 1. The summed E-state index contributed by atoms with van der Waals surface area (Å²) in [5.41, 5.74) is 2.34. The molecule has 1 saturated heterocycles. The van der Waals surface area contributed by atoms with E-state index in [0.29, 0.717) is 28.1 Å². The third-order valence-corrected chi connectivity index (χ3v) is 6.11. The fraction of sp³-hybridized carbons (Fsp3) is 0.154. The van der Waals surface area contributed by atoms with E-state index >= 15 is 0 Å². The van der Waals surface area contributed by atoms with Crippen LogP contribution in [0.2, 0.25) is 0 Å². The zero-order valence-electron chi connectivity index (χ0n) is 18.6. The highest BCUT2D eigenvalue weighted by Gasteiger charge is 2.43. The van der Waals surface area contributed by atoms with Crippen molar-refractivity contribution in [3.63, 3.8) is 0 Å². The van der Waals surface area contributed by atoms with Crippen molar-refractivity contribution < 1.29 is 18.3 Å². The van der Waals surface area contributed by atoms with Crippen molar-refractivity contribution in [1.29, 1.82) is 0 Å². The number of halogens is 1. The van der Waals surface area contributed by atoms with E-state index in [2.05, 4.69) is 10.3 Å². The number of furan rings is 1. The quantitative estimate of drug-likeness (QED) is 0.360. The fourth-order valence-electron chi connectivity index (χ4n) is 4.17. The third kappa shape index (κ3) is 3.97. The number of benzene rings is 2. The minimum absolute atomic E-state index is 0.281. The van der Waals surface area contributed by atoms with Gasteiger partial charge in [0, 0.05) is 17.8 Å². The standard InChI is InChI=1S/C26H22FN3O3S/c1-31-18-10-11-22(32-2)20(15-18)30-25(24(29-26(30)34)19-5-3-4-14-28-19)23-13-12-21(33-23)16-6-8-17(27)9-7-16/h3-15,24-25H,1-2H3,(H,29,34)/t24-,25+/m1/s1. The Labute approximate surface area is 201 Å². The maximum Gasteiger partial charge on any atom is 0.174 e. The molecule has 1 fully saturated rings. The molecule has 0 spiro atoms. The highest BCUT2D eigenvalue weighted by molar-refractivity contribution is 7.80. The molecule has 8 heteroatoms. The van der Waals surface area contributed by atoms with E-state index in [-0.39, 0.29) is 17.9 Å². The molecule has 0 radical (unpaired) electrons. The summed E-state index contributed by atoms with van der Waals surface area (Å²) in [5.74, 6) is 2.32. The number of ether oxygens (including phenoxy) is 2. The van der Waals surface area contributed by atoms with Gasteiger partial charge in [-0.05, 0) is 72.9 Å². The van der Waals surface area contributed by atoms with Gasteiger partial charge in [0.2, 0.25) is 0 Å². The molecule has 0 aliphatic carbocycles. The van der Waals surface area contributed by atoms with Crippen molar-refractivity contribution in [3.8, 4) is 22.8 Å². The summed E-state index contributed by atoms with van der Waals surface area (Å²) in [6.45, 7) is 0. The fourth-order valence-corrected chi connectivity index (χ4v) is 4.51. The van der Waals surface area contributed by atoms with Crippen LogP contribution in [0.5, 0.6) is 11.5 Å². The van der Waals surface area contributed by atoms with Crippen LogP contribution < -0.4 is 19.7 Å². The molecule has 0 unspecified atom stereocenters. The predicted molar refractivity (Wildman–Crippen MR) is 132 cm³/mol. The Balaban J connectivity index is 1.63. The van der Waals surface area contributed by atoms with Crippen LogP contribution in [0.3, 0.4) is 0 Å². The van der Waals surface area contributed by atoms with Crippen LogP contribution in [0.25, 0.3) is 11.3 Å². The van der Waals surface area contributed by atoms with Crippen molar-refractivity contribution >= 4 is 23.0 Å². The molecule has 0 amide bonds. The van der Waals surface area contributed by atoms with Gasteiger partial charge in [0.1, 0.15) is 34.9 Å². The van der Waals surface area contributed by atoms with Crippen molar-refractivity contribution in [3.05, 3.63) is 96.3 Å². The average molecular weight is 476 g/mol. The first-order valence-electron chi connectivity index (χ1n) is 10.7. The summed E-state index contributed by atoms with van der Waals surface area (Å²) in [5, 5.41) is 3.91. The first-order chi connectivity index (χ1) is 16.6. The molecule has 4 aromatic rings. The number of thiocarbonyl (C=S) groups is 1. The van der Waals surface area contributed by atoms with Gasteiger partial charge in [-0.3, -0.25) is 4.98 Å². The molecule has 1 aliphatic rings. The number of nitrogens with one attached hydrogen (secondary N) is 1. The van der Waals surface area contributed by atoms with Gasteiger partial charge in [-0.2, -0.15) is 0 Å². The lowest BCUT2D eigenvalue weighted by atomic mass is 10.0. The maximum absolute atomic E-state index is 13.4. The molecule has 3 heterocycles. The number of nitrogens with zero attached hydrogens (tertiary/aromatic N) is 2. The zero-order valence-corrected chi connectivity index (χ0v) is 19.4. The van der Waals surface area contributed by atoms with E-state index in [1.54, 1.807) is 32.5 Å². The second-order valence-corrected chi connectivity index (χ2v) is 8.13. The zero-order chi connectivity index (χ0) is 23.7. The minimum Gasteiger partial charge on any atom is -0.497 e. The van der Waals surface area contributed by atoms with Crippen LogP contribution in [0, 0.1) is 5.82 Å². The molecule has 6 nitrogen and oxygen atoms in total. The highest BCUT2D eigenvalue weighted by Crippen LogP contribution is 2.46. The van der Waals surface area contributed by atoms with Crippen LogP contribution in [-0.2, 0) is 0 Å². The summed E-state index contributed by atoms with van der Waals surface area (Å²) < 4.78 is 30.8.